The Hall–Kier alpha value is -2.76. The Labute approximate surface area is 146 Å². The molecule has 128 valence electrons. The molecule has 2 heterocycles. The summed E-state index contributed by atoms with van der Waals surface area (Å²) in [6.07, 6.45) is 11.2. The van der Waals surface area contributed by atoms with Crippen molar-refractivity contribution in [2.24, 2.45) is 4.99 Å². The monoisotopic (exact) mass is 335 g/mol. The van der Waals surface area contributed by atoms with Gasteiger partial charge in [0.15, 0.2) is 0 Å². The lowest BCUT2D eigenvalue weighted by atomic mass is 9.96. The summed E-state index contributed by atoms with van der Waals surface area (Å²) in [6, 6.07) is 6.17. The van der Waals surface area contributed by atoms with Crippen LogP contribution in [-0.2, 0) is 4.79 Å². The molecule has 6 nitrogen and oxygen atoms in total. The van der Waals surface area contributed by atoms with Crippen LogP contribution in [0.5, 0.6) is 0 Å². The first kappa shape index (κ1) is 15.7. The molecule has 1 saturated carbocycles. The van der Waals surface area contributed by atoms with Crippen molar-refractivity contribution in [3.05, 3.63) is 41.9 Å². The number of benzene rings is 1. The summed E-state index contributed by atoms with van der Waals surface area (Å²) < 4.78 is 0. The minimum atomic E-state index is -0.0856. The minimum Gasteiger partial charge on any atom is -0.353 e. The van der Waals surface area contributed by atoms with E-state index in [2.05, 4.69) is 20.3 Å². The number of carbonyl (C=O) groups excluding carboxylic acids is 1. The molecule has 1 aliphatic carbocycles. The average Bonchev–Trinajstić information content (AvgIpc) is 2.90. The number of hydrogen-bond donors (Lipinski definition) is 1. The van der Waals surface area contributed by atoms with E-state index in [9.17, 15) is 4.79 Å². The zero-order chi connectivity index (χ0) is 17.2. The van der Waals surface area contributed by atoms with E-state index in [-0.39, 0.29) is 5.91 Å². The Balaban J connectivity index is 1.59. The maximum absolute atomic E-state index is 12.5. The molecule has 1 aromatic carbocycles. The quantitative estimate of drug-likeness (QED) is 0.857. The molecule has 2 aromatic rings. The van der Waals surface area contributed by atoms with Crippen LogP contribution in [0.3, 0.4) is 0 Å². The predicted molar refractivity (Wildman–Crippen MR) is 97.7 cm³/mol. The summed E-state index contributed by atoms with van der Waals surface area (Å²) in [5.41, 5.74) is 2.99. The lowest BCUT2D eigenvalue weighted by Crippen LogP contribution is -2.44. The fourth-order valence-electron chi connectivity index (χ4n) is 3.39. The van der Waals surface area contributed by atoms with Crippen LogP contribution in [0, 0.1) is 0 Å². The van der Waals surface area contributed by atoms with Crippen molar-refractivity contribution in [3.63, 3.8) is 0 Å². The van der Waals surface area contributed by atoms with Crippen LogP contribution in [0.2, 0.25) is 0 Å². The van der Waals surface area contributed by atoms with Gasteiger partial charge in [-0.2, -0.15) is 0 Å². The van der Waals surface area contributed by atoms with Crippen LogP contribution in [0.1, 0.15) is 37.7 Å². The third-order valence-corrected chi connectivity index (χ3v) is 4.80. The van der Waals surface area contributed by atoms with E-state index >= 15 is 0 Å². The van der Waals surface area contributed by atoms with Gasteiger partial charge in [0.05, 0.1) is 11.0 Å². The molecule has 0 unspecified atom stereocenters. The van der Waals surface area contributed by atoms with Crippen LogP contribution < -0.4 is 5.32 Å². The minimum absolute atomic E-state index is 0.0856. The number of nitrogens with zero attached hydrogens (tertiary/aromatic N) is 4. The smallest absolute Gasteiger partial charge is 0.279 e. The van der Waals surface area contributed by atoms with E-state index in [1.807, 2.05) is 24.3 Å². The fourth-order valence-corrected chi connectivity index (χ4v) is 3.39. The molecule has 1 aliphatic heterocycles. The molecule has 6 heteroatoms. The van der Waals surface area contributed by atoms with Crippen LogP contribution in [-0.4, -0.2) is 39.8 Å². The lowest BCUT2D eigenvalue weighted by molar-refractivity contribution is -0.121. The molecule has 1 amide bonds. The molecule has 1 aromatic heterocycles. The lowest BCUT2D eigenvalue weighted by Gasteiger charge is -2.25. The van der Waals surface area contributed by atoms with E-state index in [1.165, 1.54) is 19.3 Å². The van der Waals surface area contributed by atoms with Crippen LogP contribution >= 0.6 is 0 Å². The van der Waals surface area contributed by atoms with E-state index < -0.39 is 0 Å². The maximum Gasteiger partial charge on any atom is 0.279 e. The fraction of sp³-hybridized carbons (Fsp3) is 0.368. The SMILES string of the molecule is CN1C(=O)/C(=C/c2ccc3nccnc3c2)N=C1NC1CCCCC1. The zero-order valence-electron chi connectivity index (χ0n) is 14.3. The molecule has 0 radical (unpaired) electrons. The van der Waals surface area contributed by atoms with E-state index in [1.54, 1.807) is 24.3 Å². The van der Waals surface area contributed by atoms with Crippen molar-refractivity contribution >= 4 is 29.0 Å². The highest BCUT2D eigenvalue weighted by atomic mass is 16.2. The Morgan fingerprint density at radius 2 is 1.88 bits per heavy atom. The number of guanidine groups is 1. The number of hydrogen-bond acceptors (Lipinski definition) is 5. The first-order valence-corrected chi connectivity index (χ1v) is 8.76. The van der Waals surface area contributed by atoms with E-state index in [0.29, 0.717) is 17.7 Å². The topological polar surface area (TPSA) is 70.5 Å². The zero-order valence-corrected chi connectivity index (χ0v) is 14.3. The van der Waals surface area contributed by atoms with Crippen molar-refractivity contribution < 1.29 is 4.79 Å². The van der Waals surface area contributed by atoms with Gasteiger partial charge in [0.1, 0.15) is 5.70 Å². The highest BCUT2D eigenvalue weighted by Crippen LogP contribution is 2.21. The van der Waals surface area contributed by atoms with Crippen molar-refractivity contribution in [1.29, 1.82) is 0 Å². The summed E-state index contributed by atoms with van der Waals surface area (Å²) in [6.45, 7) is 0. The number of rotatable bonds is 2. The van der Waals surface area contributed by atoms with Gasteiger partial charge in [-0.1, -0.05) is 25.3 Å². The Morgan fingerprint density at radius 1 is 1.12 bits per heavy atom. The van der Waals surface area contributed by atoms with Gasteiger partial charge in [0.2, 0.25) is 5.96 Å². The summed E-state index contributed by atoms with van der Waals surface area (Å²) in [7, 11) is 1.77. The highest BCUT2D eigenvalue weighted by molar-refractivity contribution is 6.13. The van der Waals surface area contributed by atoms with E-state index in [4.69, 9.17) is 0 Å². The molecular weight excluding hydrogens is 314 g/mol. The summed E-state index contributed by atoms with van der Waals surface area (Å²) in [5, 5.41) is 3.44. The Morgan fingerprint density at radius 3 is 2.68 bits per heavy atom. The van der Waals surface area contributed by atoms with Crippen molar-refractivity contribution in [2.45, 2.75) is 38.1 Å². The average molecular weight is 335 g/mol. The summed E-state index contributed by atoms with van der Waals surface area (Å²) in [4.78, 5) is 27.2. The first-order valence-electron chi connectivity index (χ1n) is 8.76. The van der Waals surface area contributed by atoms with Gasteiger partial charge in [0.25, 0.3) is 5.91 Å². The molecule has 4 rings (SSSR count). The second kappa shape index (κ2) is 6.63. The molecule has 2 aliphatic rings. The number of amides is 1. The number of carbonyl (C=O) groups is 1. The van der Waals surface area contributed by atoms with Crippen LogP contribution in [0.4, 0.5) is 0 Å². The second-order valence-corrected chi connectivity index (χ2v) is 6.61. The largest absolute Gasteiger partial charge is 0.353 e. The highest BCUT2D eigenvalue weighted by Gasteiger charge is 2.28. The Kier molecular flexibility index (Phi) is 4.17. The number of likely N-dealkylation sites (N-methyl/N-ethyl adjacent to an activating group) is 1. The second-order valence-electron chi connectivity index (χ2n) is 6.61. The number of aromatic nitrogens is 2. The van der Waals surface area contributed by atoms with Crippen LogP contribution in [0.15, 0.2) is 41.3 Å². The Bertz CT molecular complexity index is 867. The maximum atomic E-state index is 12.5. The first-order chi connectivity index (χ1) is 12.2. The molecule has 0 bridgehead atoms. The summed E-state index contributed by atoms with van der Waals surface area (Å²) in [5.74, 6) is 0.571. The number of nitrogens with one attached hydrogen (secondary N) is 1. The van der Waals surface area contributed by atoms with Gasteiger partial charge in [-0.3, -0.25) is 19.7 Å². The van der Waals surface area contributed by atoms with Gasteiger partial charge in [-0.05, 0) is 36.6 Å². The molecule has 25 heavy (non-hydrogen) atoms. The van der Waals surface area contributed by atoms with Gasteiger partial charge in [-0.25, -0.2) is 4.99 Å². The van der Waals surface area contributed by atoms with Crippen molar-refractivity contribution in [1.82, 2.24) is 20.2 Å². The molecule has 1 fully saturated rings. The normalized spacial score (nSPS) is 20.4. The standard InChI is InChI=1S/C19H21N5O/c1-24-18(25)17(23-19(24)22-14-5-3-2-4-6-14)12-13-7-8-15-16(11-13)21-10-9-20-15/h7-12,14H,2-6H2,1H3,(H,22,23)/b17-12-. The number of fused-ring (bicyclic) bond motifs is 1. The van der Waals surface area contributed by atoms with E-state index in [0.717, 1.165) is 29.4 Å². The molecule has 1 N–H and O–H groups in total. The molecule has 0 spiro atoms. The molecule has 0 saturated heterocycles. The van der Waals surface area contributed by atoms with Gasteiger partial charge in [0, 0.05) is 25.5 Å². The van der Waals surface area contributed by atoms with Crippen molar-refractivity contribution in [3.8, 4) is 0 Å². The van der Waals surface area contributed by atoms with Gasteiger partial charge in [-0.15, -0.1) is 0 Å². The molecular formula is C19H21N5O. The summed E-state index contributed by atoms with van der Waals surface area (Å²) >= 11 is 0. The van der Waals surface area contributed by atoms with Crippen molar-refractivity contribution in [2.75, 3.05) is 7.05 Å². The molecule has 0 atom stereocenters. The number of aliphatic imine (C=N–C) groups is 1. The van der Waals surface area contributed by atoms with Gasteiger partial charge < -0.3 is 5.32 Å². The van der Waals surface area contributed by atoms with Gasteiger partial charge >= 0.3 is 0 Å². The predicted octanol–water partition coefficient (Wildman–Crippen LogP) is 2.72. The van der Waals surface area contributed by atoms with Crippen LogP contribution in [0.25, 0.3) is 17.1 Å². The third-order valence-electron chi connectivity index (χ3n) is 4.80. The third kappa shape index (κ3) is 3.24.